The molecule has 160 valence electrons. The van der Waals surface area contributed by atoms with Crippen LogP contribution in [-0.4, -0.2) is 29.8 Å². The van der Waals surface area contributed by atoms with Gasteiger partial charge < -0.3 is 13.9 Å². The Hall–Kier alpha value is -3.24. The van der Waals surface area contributed by atoms with Crippen LogP contribution in [0.2, 0.25) is 5.02 Å². The molecule has 0 saturated heterocycles. The van der Waals surface area contributed by atoms with Crippen molar-refractivity contribution in [3.8, 4) is 5.75 Å². The van der Waals surface area contributed by atoms with E-state index in [2.05, 4.69) is 15.9 Å². The van der Waals surface area contributed by atoms with Crippen LogP contribution in [0.5, 0.6) is 5.75 Å². The molecule has 9 nitrogen and oxygen atoms in total. The lowest BCUT2D eigenvalue weighted by molar-refractivity contribution is -0.384. The number of aryl methyl sites for hydroxylation is 1. The number of hydrogen-bond donors (Lipinski definition) is 0. The molecule has 0 saturated carbocycles. The number of esters is 2. The number of nitro groups is 1. The zero-order chi connectivity index (χ0) is 22.9. The number of ether oxygens (including phenoxy) is 2. The van der Waals surface area contributed by atoms with Crippen LogP contribution in [0.4, 0.5) is 5.69 Å². The van der Waals surface area contributed by atoms with Crippen LogP contribution in [0.1, 0.15) is 43.8 Å². The Kier molecular flexibility index (Phi) is 6.42. The summed E-state index contributed by atoms with van der Waals surface area (Å²) in [6, 6.07) is 4.80. The minimum Gasteiger partial charge on any atom is -0.462 e. The lowest BCUT2D eigenvalue weighted by Gasteiger charge is -2.10. The van der Waals surface area contributed by atoms with E-state index in [1.54, 1.807) is 13.8 Å². The molecule has 1 heterocycles. The number of aldehydes is 1. The predicted molar refractivity (Wildman–Crippen MR) is 113 cm³/mol. The molecule has 0 bridgehead atoms. The summed E-state index contributed by atoms with van der Waals surface area (Å²) in [6.45, 7) is 3.33. The number of nitrogens with zero attached hydrogens (tertiary/aromatic N) is 1. The molecule has 0 fully saturated rings. The monoisotopic (exact) mass is 509 g/mol. The van der Waals surface area contributed by atoms with Crippen molar-refractivity contribution in [1.82, 2.24) is 0 Å². The summed E-state index contributed by atoms with van der Waals surface area (Å²) in [5, 5.41) is 10.9. The number of carbonyl (C=O) groups excluding carboxylic acids is 3. The van der Waals surface area contributed by atoms with Crippen molar-refractivity contribution in [3.05, 3.63) is 66.3 Å². The van der Waals surface area contributed by atoms with Crippen molar-refractivity contribution in [2.24, 2.45) is 0 Å². The van der Waals surface area contributed by atoms with Gasteiger partial charge in [0.25, 0.3) is 5.69 Å². The molecule has 3 rings (SSSR count). The standard InChI is InChI=1S/C20H13BrClNO8/c1-3-29-20(26)15-14(8-24)30-18-9(2)6-13(17(21)16(15)18)31-19(25)11-5-4-10(23(27)28)7-12(11)22/h4-8H,3H2,1-2H3. The van der Waals surface area contributed by atoms with Gasteiger partial charge in [0.2, 0.25) is 0 Å². The number of rotatable bonds is 6. The van der Waals surface area contributed by atoms with E-state index in [1.165, 1.54) is 12.1 Å². The quantitative estimate of drug-likeness (QED) is 0.144. The van der Waals surface area contributed by atoms with Crippen molar-refractivity contribution < 1.29 is 33.2 Å². The molecule has 1 aromatic heterocycles. The third-order valence-electron chi connectivity index (χ3n) is 4.25. The van der Waals surface area contributed by atoms with Gasteiger partial charge in [-0.2, -0.15) is 0 Å². The third kappa shape index (κ3) is 4.17. The second-order valence-electron chi connectivity index (χ2n) is 6.20. The maximum absolute atomic E-state index is 12.6. The normalized spacial score (nSPS) is 10.7. The van der Waals surface area contributed by atoms with Crippen LogP contribution in [0.25, 0.3) is 11.0 Å². The fraction of sp³-hybridized carbons (Fsp3) is 0.150. The molecule has 0 radical (unpaired) electrons. The predicted octanol–water partition coefficient (Wildman–Crippen LogP) is 5.27. The molecular weight excluding hydrogens is 498 g/mol. The summed E-state index contributed by atoms with van der Waals surface area (Å²) in [4.78, 5) is 46.7. The maximum Gasteiger partial charge on any atom is 0.345 e. The summed E-state index contributed by atoms with van der Waals surface area (Å²) < 4.78 is 16.1. The van der Waals surface area contributed by atoms with Gasteiger partial charge in [0, 0.05) is 12.1 Å². The molecule has 0 aliphatic heterocycles. The summed E-state index contributed by atoms with van der Waals surface area (Å²) in [7, 11) is 0. The van der Waals surface area contributed by atoms with E-state index >= 15 is 0 Å². The van der Waals surface area contributed by atoms with Crippen molar-refractivity contribution in [3.63, 3.8) is 0 Å². The number of halogens is 2. The molecule has 0 unspecified atom stereocenters. The molecule has 0 amide bonds. The highest BCUT2D eigenvalue weighted by atomic mass is 79.9. The number of non-ortho nitro benzene ring substituents is 1. The summed E-state index contributed by atoms with van der Waals surface area (Å²) in [5.74, 6) is -1.85. The largest absolute Gasteiger partial charge is 0.462 e. The van der Waals surface area contributed by atoms with E-state index in [9.17, 15) is 24.5 Å². The molecule has 2 aromatic carbocycles. The van der Waals surface area contributed by atoms with E-state index in [-0.39, 0.29) is 55.4 Å². The highest BCUT2D eigenvalue weighted by molar-refractivity contribution is 9.10. The van der Waals surface area contributed by atoms with Crippen molar-refractivity contribution in [2.45, 2.75) is 13.8 Å². The van der Waals surface area contributed by atoms with Gasteiger partial charge in [-0.05, 0) is 47.5 Å². The zero-order valence-electron chi connectivity index (χ0n) is 16.1. The first kappa shape index (κ1) is 22.4. The van der Waals surface area contributed by atoms with Gasteiger partial charge in [0.05, 0.1) is 32.0 Å². The highest BCUT2D eigenvalue weighted by Crippen LogP contribution is 2.41. The van der Waals surface area contributed by atoms with E-state index < -0.39 is 16.9 Å². The Morgan fingerprint density at radius 2 is 2.00 bits per heavy atom. The molecule has 0 atom stereocenters. The summed E-state index contributed by atoms with van der Waals surface area (Å²) in [5.41, 5.74) is 0.245. The van der Waals surface area contributed by atoms with Crippen molar-refractivity contribution in [2.75, 3.05) is 6.61 Å². The first-order valence-electron chi connectivity index (χ1n) is 8.73. The minimum atomic E-state index is -0.879. The van der Waals surface area contributed by atoms with Gasteiger partial charge in [-0.25, -0.2) is 9.59 Å². The Morgan fingerprint density at radius 3 is 2.58 bits per heavy atom. The van der Waals surface area contributed by atoms with E-state index in [4.69, 9.17) is 25.5 Å². The topological polar surface area (TPSA) is 126 Å². The number of hydrogen-bond acceptors (Lipinski definition) is 8. The average molecular weight is 511 g/mol. The van der Waals surface area contributed by atoms with Gasteiger partial charge in [-0.3, -0.25) is 14.9 Å². The van der Waals surface area contributed by atoms with Gasteiger partial charge in [0.15, 0.2) is 12.0 Å². The third-order valence-corrected chi connectivity index (χ3v) is 5.35. The Balaban J connectivity index is 2.09. The molecule has 0 aliphatic rings. The maximum atomic E-state index is 12.6. The second kappa shape index (κ2) is 8.86. The molecular formula is C20H13BrClNO8. The lowest BCUT2D eigenvalue weighted by atomic mass is 10.1. The first-order valence-corrected chi connectivity index (χ1v) is 9.90. The van der Waals surface area contributed by atoms with Gasteiger partial charge in [0.1, 0.15) is 16.9 Å². The fourth-order valence-electron chi connectivity index (χ4n) is 2.89. The summed E-state index contributed by atoms with van der Waals surface area (Å²) in [6.07, 6.45) is 0.389. The van der Waals surface area contributed by atoms with Crippen LogP contribution < -0.4 is 4.74 Å². The highest BCUT2D eigenvalue weighted by Gasteiger charge is 2.28. The second-order valence-corrected chi connectivity index (χ2v) is 7.40. The molecule has 3 aromatic rings. The average Bonchev–Trinajstić information content (AvgIpc) is 3.12. The number of benzene rings is 2. The molecule has 11 heteroatoms. The Labute approximate surface area is 188 Å². The van der Waals surface area contributed by atoms with Gasteiger partial charge in [-0.15, -0.1) is 0 Å². The Morgan fingerprint density at radius 1 is 1.29 bits per heavy atom. The Bertz CT molecular complexity index is 1250. The van der Waals surface area contributed by atoms with Crippen molar-refractivity contribution >= 4 is 62.4 Å². The lowest BCUT2D eigenvalue weighted by Crippen LogP contribution is -2.10. The van der Waals surface area contributed by atoms with Crippen LogP contribution in [0.15, 0.2) is 33.2 Å². The minimum absolute atomic E-state index is 0.0215. The van der Waals surface area contributed by atoms with Gasteiger partial charge in [-0.1, -0.05) is 11.6 Å². The number of nitro benzene ring substituents is 1. The molecule has 0 spiro atoms. The number of fused-ring (bicyclic) bond motifs is 1. The van der Waals surface area contributed by atoms with Gasteiger partial charge >= 0.3 is 11.9 Å². The van der Waals surface area contributed by atoms with Crippen LogP contribution in [-0.2, 0) is 4.74 Å². The van der Waals surface area contributed by atoms with E-state index in [0.29, 0.717) is 11.8 Å². The smallest absolute Gasteiger partial charge is 0.345 e. The SMILES string of the molecule is CCOC(=O)c1c(C=O)oc2c(C)cc(OC(=O)c3ccc([N+](=O)[O-])cc3Cl)c(Br)c12. The van der Waals surface area contributed by atoms with E-state index in [0.717, 1.165) is 12.1 Å². The first-order chi connectivity index (χ1) is 14.7. The molecule has 0 N–H and O–H groups in total. The zero-order valence-corrected chi connectivity index (χ0v) is 18.4. The number of carbonyl (C=O) groups is 3. The fourth-order valence-corrected chi connectivity index (χ4v) is 3.71. The van der Waals surface area contributed by atoms with Crippen molar-refractivity contribution in [1.29, 1.82) is 0 Å². The number of furan rings is 1. The summed E-state index contributed by atoms with van der Waals surface area (Å²) >= 11 is 9.29. The van der Waals surface area contributed by atoms with Crippen LogP contribution in [0.3, 0.4) is 0 Å². The molecule has 0 aliphatic carbocycles. The van der Waals surface area contributed by atoms with Crippen LogP contribution in [0, 0.1) is 17.0 Å². The molecule has 31 heavy (non-hydrogen) atoms. The van der Waals surface area contributed by atoms with E-state index in [1.807, 2.05) is 0 Å². The van der Waals surface area contributed by atoms with Crippen LogP contribution >= 0.6 is 27.5 Å².